The second kappa shape index (κ2) is 7.59. The van der Waals surface area contributed by atoms with Crippen LogP contribution in [0.25, 0.3) is 0 Å². The Morgan fingerprint density at radius 2 is 1.52 bits per heavy atom. The molecule has 0 aromatic heterocycles. The minimum Gasteiger partial charge on any atom is -0.387 e. The predicted octanol–water partition coefficient (Wildman–Crippen LogP) is 1.23. The molecule has 2 aromatic carbocycles. The summed E-state index contributed by atoms with van der Waals surface area (Å²) in [5, 5.41) is 18.2. The van der Waals surface area contributed by atoms with Crippen LogP contribution in [0.2, 0.25) is 0 Å². The summed E-state index contributed by atoms with van der Waals surface area (Å²) >= 11 is 0. The molecule has 0 bridgehead atoms. The van der Waals surface area contributed by atoms with Gasteiger partial charge in [0.2, 0.25) is 5.91 Å². The average Bonchev–Trinajstić information content (AvgIpc) is 2.96. The molecule has 140 valence electrons. The number of rotatable bonds is 4. The van der Waals surface area contributed by atoms with E-state index >= 15 is 0 Å². The van der Waals surface area contributed by atoms with Crippen molar-refractivity contribution >= 4 is 29.1 Å². The Hall–Kier alpha value is -3.19. The highest BCUT2D eigenvalue weighted by Crippen LogP contribution is 2.29. The fourth-order valence-electron chi connectivity index (χ4n) is 3.19. The second-order valence-electron chi connectivity index (χ2n) is 6.75. The fourth-order valence-corrected chi connectivity index (χ4v) is 3.19. The van der Waals surface area contributed by atoms with Crippen LogP contribution in [0, 0.1) is 0 Å². The third-order valence-electron chi connectivity index (χ3n) is 4.38. The van der Waals surface area contributed by atoms with Crippen LogP contribution in [0.5, 0.6) is 0 Å². The van der Waals surface area contributed by atoms with E-state index in [0.717, 1.165) is 11.1 Å². The van der Waals surface area contributed by atoms with E-state index < -0.39 is 17.4 Å². The first kappa shape index (κ1) is 18.6. The van der Waals surface area contributed by atoms with Gasteiger partial charge < -0.3 is 21.1 Å². The molecule has 0 radical (unpaired) electrons. The van der Waals surface area contributed by atoms with Gasteiger partial charge in [-0.25, -0.2) is 0 Å². The molecule has 3 rings (SSSR count). The van der Waals surface area contributed by atoms with Crippen molar-refractivity contribution in [3.05, 3.63) is 59.7 Å². The van der Waals surface area contributed by atoms with Crippen molar-refractivity contribution in [2.45, 2.75) is 25.4 Å². The number of carbonyl (C=O) groups excluding carboxylic acids is 3. The standard InChI is InChI=1S/C20H21N3O4/c1-13(24)22-16-7-4-8-17(9-16)23-19(26)18(25)21-12-20(27)10-14-5-2-3-6-15(14)11-20/h2-9,27H,10-12H2,1H3,(H,21,25)(H,22,24)(H,23,26). The van der Waals surface area contributed by atoms with Gasteiger partial charge in [0.1, 0.15) is 0 Å². The Morgan fingerprint density at radius 1 is 0.926 bits per heavy atom. The van der Waals surface area contributed by atoms with E-state index in [9.17, 15) is 19.5 Å². The number of hydrogen-bond acceptors (Lipinski definition) is 4. The first-order valence-corrected chi connectivity index (χ1v) is 8.61. The van der Waals surface area contributed by atoms with Crippen LogP contribution in [0.1, 0.15) is 18.1 Å². The molecule has 0 unspecified atom stereocenters. The number of fused-ring (bicyclic) bond motifs is 1. The predicted molar refractivity (Wildman–Crippen MR) is 101 cm³/mol. The van der Waals surface area contributed by atoms with Crippen molar-refractivity contribution in [1.82, 2.24) is 5.32 Å². The maximum Gasteiger partial charge on any atom is 0.313 e. The Morgan fingerprint density at radius 3 is 2.11 bits per heavy atom. The lowest BCUT2D eigenvalue weighted by atomic mass is 10.0. The highest BCUT2D eigenvalue weighted by Gasteiger charge is 2.35. The first-order chi connectivity index (χ1) is 12.8. The van der Waals surface area contributed by atoms with Gasteiger partial charge in [-0.3, -0.25) is 14.4 Å². The van der Waals surface area contributed by atoms with Crippen LogP contribution in [-0.4, -0.2) is 35.0 Å². The van der Waals surface area contributed by atoms with E-state index in [1.165, 1.54) is 6.92 Å². The van der Waals surface area contributed by atoms with Crippen LogP contribution >= 0.6 is 0 Å². The van der Waals surface area contributed by atoms with Crippen LogP contribution in [0.15, 0.2) is 48.5 Å². The summed E-state index contributed by atoms with van der Waals surface area (Å²) in [6.45, 7) is 1.37. The normalized spacial score (nSPS) is 14.1. The molecule has 27 heavy (non-hydrogen) atoms. The number of amides is 3. The van der Waals surface area contributed by atoms with E-state index in [1.807, 2.05) is 24.3 Å². The zero-order valence-electron chi connectivity index (χ0n) is 14.9. The molecule has 2 aromatic rings. The lowest BCUT2D eigenvalue weighted by Crippen LogP contribution is -2.46. The van der Waals surface area contributed by atoms with Gasteiger partial charge in [0.15, 0.2) is 0 Å². The molecule has 7 heteroatoms. The van der Waals surface area contributed by atoms with Gasteiger partial charge in [0, 0.05) is 37.7 Å². The summed E-state index contributed by atoms with van der Waals surface area (Å²) in [4.78, 5) is 35.3. The van der Waals surface area contributed by atoms with E-state index in [2.05, 4.69) is 16.0 Å². The second-order valence-corrected chi connectivity index (χ2v) is 6.75. The van der Waals surface area contributed by atoms with Crippen molar-refractivity contribution in [2.75, 3.05) is 17.2 Å². The van der Waals surface area contributed by atoms with Crippen LogP contribution in [0.4, 0.5) is 11.4 Å². The summed E-state index contributed by atoms with van der Waals surface area (Å²) < 4.78 is 0. The van der Waals surface area contributed by atoms with Gasteiger partial charge in [0.05, 0.1) is 5.60 Å². The van der Waals surface area contributed by atoms with Crippen molar-refractivity contribution in [1.29, 1.82) is 0 Å². The van der Waals surface area contributed by atoms with Crippen molar-refractivity contribution in [2.24, 2.45) is 0 Å². The molecule has 0 fully saturated rings. The molecule has 7 nitrogen and oxygen atoms in total. The number of aliphatic hydroxyl groups is 1. The average molecular weight is 367 g/mol. The summed E-state index contributed by atoms with van der Waals surface area (Å²) in [6, 6.07) is 14.2. The smallest absolute Gasteiger partial charge is 0.313 e. The Balaban J connectivity index is 1.54. The molecule has 0 aliphatic heterocycles. The maximum absolute atomic E-state index is 12.1. The lowest BCUT2D eigenvalue weighted by Gasteiger charge is -2.22. The third-order valence-corrected chi connectivity index (χ3v) is 4.38. The topological polar surface area (TPSA) is 108 Å². The number of nitrogens with one attached hydrogen (secondary N) is 3. The van der Waals surface area contributed by atoms with Crippen molar-refractivity contribution in [3.63, 3.8) is 0 Å². The molecule has 3 amide bonds. The SMILES string of the molecule is CC(=O)Nc1cccc(NC(=O)C(=O)NCC2(O)Cc3ccccc3C2)c1. The molecule has 0 spiro atoms. The minimum atomic E-state index is -1.09. The van der Waals surface area contributed by atoms with E-state index in [1.54, 1.807) is 24.3 Å². The summed E-state index contributed by atoms with van der Waals surface area (Å²) in [7, 11) is 0. The molecule has 1 aliphatic carbocycles. The Kier molecular flexibility index (Phi) is 5.23. The highest BCUT2D eigenvalue weighted by molar-refractivity contribution is 6.39. The fraction of sp³-hybridized carbons (Fsp3) is 0.250. The number of hydrogen-bond donors (Lipinski definition) is 4. The van der Waals surface area contributed by atoms with E-state index in [-0.39, 0.29) is 12.5 Å². The Labute approximate surface area is 156 Å². The van der Waals surface area contributed by atoms with Gasteiger partial charge in [-0.1, -0.05) is 30.3 Å². The zero-order valence-corrected chi connectivity index (χ0v) is 14.9. The molecular formula is C20H21N3O4. The molecule has 1 aliphatic rings. The molecule has 0 saturated heterocycles. The zero-order chi connectivity index (χ0) is 19.4. The molecule has 0 heterocycles. The van der Waals surface area contributed by atoms with E-state index in [4.69, 9.17) is 0 Å². The largest absolute Gasteiger partial charge is 0.387 e. The molecular weight excluding hydrogens is 346 g/mol. The van der Waals surface area contributed by atoms with Gasteiger partial charge in [-0.2, -0.15) is 0 Å². The highest BCUT2D eigenvalue weighted by atomic mass is 16.3. The third kappa shape index (κ3) is 4.71. The molecule has 4 N–H and O–H groups in total. The van der Waals surface area contributed by atoms with Gasteiger partial charge in [-0.15, -0.1) is 0 Å². The number of benzene rings is 2. The van der Waals surface area contributed by atoms with Gasteiger partial charge in [-0.05, 0) is 29.3 Å². The number of anilines is 2. The van der Waals surface area contributed by atoms with Gasteiger partial charge in [0.25, 0.3) is 0 Å². The quantitative estimate of drug-likeness (QED) is 0.610. The summed E-state index contributed by atoms with van der Waals surface area (Å²) in [6.07, 6.45) is 0.869. The van der Waals surface area contributed by atoms with Crippen molar-refractivity contribution < 1.29 is 19.5 Å². The monoisotopic (exact) mass is 367 g/mol. The van der Waals surface area contributed by atoms with Gasteiger partial charge >= 0.3 is 11.8 Å². The first-order valence-electron chi connectivity index (χ1n) is 8.61. The van der Waals surface area contributed by atoms with Crippen LogP contribution < -0.4 is 16.0 Å². The number of carbonyl (C=O) groups is 3. The minimum absolute atomic E-state index is 0.0140. The lowest BCUT2D eigenvalue weighted by molar-refractivity contribution is -0.136. The molecule has 0 saturated carbocycles. The van der Waals surface area contributed by atoms with E-state index in [0.29, 0.717) is 24.2 Å². The maximum atomic E-state index is 12.1. The van der Waals surface area contributed by atoms with Crippen molar-refractivity contribution in [3.8, 4) is 0 Å². The molecule has 0 atom stereocenters. The van der Waals surface area contributed by atoms with Crippen LogP contribution in [-0.2, 0) is 27.2 Å². The Bertz CT molecular complexity index is 869. The summed E-state index contributed by atoms with van der Waals surface area (Å²) in [5.74, 6) is -1.90. The van der Waals surface area contributed by atoms with Crippen LogP contribution in [0.3, 0.4) is 0 Å². The summed E-state index contributed by atoms with van der Waals surface area (Å²) in [5.41, 5.74) is 1.90.